The first-order chi connectivity index (χ1) is 10.1. The molecule has 2 aromatic heterocycles. The summed E-state index contributed by atoms with van der Waals surface area (Å²) in [5, 5.41) is 10.1. The molecule has 0 radical (unpaired) electrons. The van der Waals surface area contributed by atoms with Crippen molar-refractivity contribution in [1.29, 1.82) is 0 Å². The van der Waals surface area contributed by atoms with Crippen molar-refractivity contribution in [3.05, 3.63) is 53.4 Å². The van der Waals surface area contributed by atoms with Gasteiger partial charge in [-0.05, 0) is 13.8 Å². The van der Waals surface area contributed by atoms with Crippen molar-refractivity contribution >= 4 is 11.7 Å². The molecular formula is C15H13N3O3. The summed E-state index contributed by atoms with van der Waals surface area (Å²) in [6, 6.07) is 9.29. The number of hydrogen-bond acceptors (Lipinski definition) is 5. The molecule has 0 atom stereocenters. The van der Waals surface area contributed by atoms with Crippen LogP contribution in [0.5, 0.6) is 0 Å². The lowest BCUT2D eigenvalue weighted by Crippen LogP contribution is -2.12. The molecule has 6 heteroatoms. The third-order valence-electron chi connectivity index (χ3n) is 3.00. The monoisotopic (exact) mass is 283 g/mol. The molecular weight excluding hydrogens is 270 g/mol. The highest BCUT2D eigenvalue weighted by Gasteiger charge is 2.18. The van der Waals surface area contributed by atoms with Gasteiger partial charge < -0.3 is 14.4 Å². The Hall–Kier alpha value is -2.89. The molecule has 0 aliphatic rings. The molecule has 0 spiro atoms. The van der Waals surface area contributed by atoms with Crippen LogP contribution in [0.15, 0.2) is 45.6 Å². The van der Waals surface area contributed by atoms with Crippen molar-refractivity contribution in [2.75, 3.05) is 5.32 Å². The lowest BCUT2D eigenvalue weighted by atomic mass is 10.1. The van der Waals surface area contributed by atoms with Crippen LogP contribution in [-0.4, -0.2) is 16.2 Å². The summed E-state index contributed by atoms with van der Waals surface area (Å²) in [7, 11) is 0. The Morgan fingerprint density at radius 3 is 2.57 bits per heavy atom. The first-order valence-corrected chi connectivity index (χ1v) is 6.40. The second-order valence-corrected chi connectivity index (χ2v) is 4.71. The molecule has 0 unspecified atom stereocenters. The van der Waals surface area contributed by atoms with Gasteiger partial charge in [0.15, 0.2) is 11.6 Å². The number of rotatable bonds is 3. The van der Waals surface area contributed by atoms with Gasteiger partial charge in [0.1, 0.15) is 11.3 Å². The van der Waals surface area contributed by atoms with Crippen LogP contribution in [0.25, 0.3) is 11.3 Å². The van der Waals surface area contributed by atoms with Crippen molar-refractivity contribution in [3.63, 3.8) is 0 Å². The Morgan fingerprint density at radius 1 is 1.14 bits per heavy atom. The maximum atomic E-state index is 12.3. The third-order valence-corrected chi connectivity index (χ3v) is 3.00. The minimum Gasteiger partial charge on any atom is -0.360 e. The number of aromatic nitrogens is 2. The fourth-order valence-corrected chi connectivity index (χ4v) is 1.92. The van der Waals surface area contributed by atoms with Crippen molar-refractivity contribution in [2.45, 2.75) is 13.8 Å². The number of anilines is 1. The Balaban J connectivity index is 1.88. The minimum absolute atomic E-state index is 0.347. The summed E-state index contributed by atoms with van der Waals surface area (Å²) < 4.78 is 10.1. The maximum Gasteiger partial charge on any atom is 0.262 e. The van der Waals surface area contributed by atoms with Crippen molar-refractivity contribution in [3.8, 4) is 11.3 Å². The van der Waals surface area contributed by atoms with Crippen LogP contribution >= 0.6 is 0 Å². The highest BCUT2D eigenvalue weighted by molar-refractivity contribution is 6.07. The van der Waals surface area contributed by atoms with E-state index in [1.54, 1.807) is 13.0 Å². The first kappa shape index (κ1) is 13.1. The molecule has 2 heterocycles. The number of nitrogens with zero attached hydrogens (tertiary/aromatic N) is 2. The highest BCUT2D eigenvalue weighted by Crippen LogP contribution is 2.24. The molecule has 6 nitrogen and oxygen atoms in total. The van der Waals surface area contributed by atoms with E-state index in [1.807, 2.05) is 31.2 Å². The summed E-state index contributed by atoms with van der Waals surface area (Å²) in [6.45, 7) is 3.74. The number of carbonyl (C=O) groups is 1. The molecule has 0 aliphatic heterocycles. The summed E-state index contributed by atoms with van der Waals surface area (Å²) in [4.78, 5) is 12.3. The van der Waals surface area contributed by atoms with E-state index in [9.17, 15) is 4.79 Å². The zero-order chi connectivity index (χ0) is 14.8. The van der Waals surface area contributed by atoms with Crippen LogP contribution in [0.2, 0.25) is 0 Å². The topological polar surface area (TPSA) is 81.2 Å². The van der Waals surface area contributed by atoms with Crippen LogP contribution in [0, 0.1) is 13.8 Å². The Kier molecular flexibility index (Phi) is 3.27. The average molecular weight is 283 g/mol. The van der Waals surface area contributed by atoms with Crippen LogP contribution in [0.3, 0.4) is 0 Å². The smallest absolute Gasteiger partial charge is 0.262 e. The number of nitrogens with one attached hydrogen (secondary N) is 1. The summed E-state index contributed by atoms with van der Waals surface area (Å²) in [5.74, 6) is 1.05. The maximum absolute atomic E-state index is 12.3. The highest BCUT2D eigenvalue weighted by atomic mass is 16.5. The number of benzene rings is 1. The van der Waals surface area contributed by atoms with Gasteiger partial charge in [-0.2, -0.15) is 0 Å². The molecule has 106 valence electrons. The molecule has 0 saturated carbocycles. The van der Waals surface area contributed by atoms with Gasteiger partial charge in [-0.25, -0.2) is 0 Å². The lowest BCUT2D eigenvalue weighted by molar-refractivity contribution is 0.102. The van der Waals surface area contributed by atoms with Gasteiger partial charge in [-0.1, -0.05) is 40.1 Å². The zero-order valence-corrected chi connectivity index (χ0v) is 11.6. The second kappa shape index (κ2) is 5.24. The molecule has 1 N–H and O–H groups in total. The molecule has 0 aliphatic carbocycles. The first-order valence-electron chi connectivity index (χ1n) is 6.40. The van der Waals surface area contributed by atoms with Crippen LogP contribution < -0.4 is 5.32 Å². The second-order valence-electron chi connectivity index (χ2n) is 4.71. The summed E-state index contributed by atoms with van der Waals surface area (Å²) in [6.07, 6.45) is 1.39. The fraction of sp³-hybridized carbons (Fsp3) is 0.133. The van der Waals surface area contributed by atoms with Gasteiger partial charge in [0.2, 0.25) is 0 Å². The minimum atomic E-state index is -0.347. The molecule has 3 rings (SSSR count). The summed E-state index contributed by atoms with van der Waals surface area (Å²) in [5.41, 5.74) is 2.27. The standard InChI is InChI=1S/C15H13N3O3/c1-9-3-5-11(6-4-9)14-12(8-16-21-14)15(19)17-13-7-10(2)20-18-13/h3-8H,1-2H3,(H,17,18,19). The van der Waals surface area contributed by atoms with Gasteiger partial charge in [0, 0.05) is 11.6 Å². The predicted octanol–water partition coefficient (Wildman–Crippen LogP) is 3.20. The van der Waals surface area contributed by atoms with E-state index in [0.717, 1.165) is 11.1 Å². The molecule has 0 saturated heterocycles. The van der Waals surface area contributed by atoms with E-state index < -0.39 is 0 Å². The van der Waals surface area contributed by atoms with E-state index in [0.29, 0.717) is 22.9 Å². The van der Waals surface area contributed by atoms with Crippen molar-refractivity contribution in [2.24, 2.45) is 0 Å². The van der Waals surface area contributed by atoms with E-state index in [4.69, 9.17) is 9.05 Å². The van der Waals surface area contributed by atoms with Gasteiger partial charge >= 0.3 is 0 Å². The summed E-state index contributed by atoms with van der Waals surface area (Å²) >= 11 is 0. The largest absolute Gasteiger partial charge is 0.360 e. The van der Waals surface area contributed by atoms with Crippen LogP contribution in [0.1, 0.15) is 21.7 Å². The van der Waals surface area contributed by atoms with Gasteiger partial charge in [-0.15, -0.1) is 0 Å². The number of aryl methyl sites for hydroxylation is 2. The Bertz CT molecular complexity index is 772. The number of hydrogen-bond donors (Lipinski definition) is 1. The quantitative estimate of drug-likeness (QED) is 0.798. The number of amides is 1. The Labute approximate surface area is 120 Å². The lowest BCUT2D eigenvalue weighted by Gasteiger charge is -2.02. The van der Waals surface area contributed by atoms with Crippen LogP contribution in [0.4, 0.5) is 5.82 Å². The average Bonchev–Trinajstić information content (AvgIpc) is 3.09. The van der Waals surface area contributed by atoms with E-state index in [-0.39, 0.29) is 5.91 Å². The third kappa shape index (κ3) is 2.69. The van der Waals surface area contributed by atoms with Gasteiger partial charge in [0.05, 0.1) is 6.20 Å². The predicted molar refractivity (Wildman–Crippen MR) is 75.9 cm³/mol. The van der Waals surface area contributed by atoms with Gasteiger partial charge in [0.25, 0.3) is 5.91 Å². The van der Waals surface area contributed by atoms with Crippen LogP contribution in [-0.2, 0) is 0 Å². The van der Waals surface area contributed by atoms with E-state index >= 15 is 0 Å². The SMILES string of the molecule is Cc1ccc(-c2oncc2C(=O)Nc2cc(C)on2)cc1. The molecule has 3 aromatic rings. The normalized spacial score (nSPS) is 10.6. The fourth-order valence-electron chi connectivity index (χ4n) is 1.92. The van der Waals surface area contributed by atoms with Gasteiger partial charge in [-0.3, -0.25) is 4.79 Å². The zero-order valence-electron chi connectivity index (χ0n) is 11.6. The van der Waals surface area contributed by atoms with E-state index in [2.05, 4.69) is 15.6 Å². The molecule has 21 heavy (non-hydrogen) atoms. The molecule has 1 aromatic carbocycles. The molecule has 0 fully saturated rings. The van der Waals surface area contributed by atoms with E-state index in [1.165, 1.54) is 6.20 Å². The van der Waals surface area contributed by atoms with Crippen molar-refractivity contribution < 1.29 is 13.8 Å². The Morgan fingerprint density at radius 2 is 1.90 bits per heavy atom. The van der Waals surface area contributed by atoms with Crippen molar-refractivity contribution in [1.82, 2.24) is 10.3 Å². The number of carbonyl (C=O) groups excluding carboxylic acids is 1. The molecule has 0 bridgehead atoms. The molecule has 1 amide bonds.